The lowest BCUT2D eigenvalue weighted by Crippen LogP contribution is -2.43. The minimum atomic E-state index is -0.671. The maximum Gasteiger partial charge on any atom is 0.188 e. The van der Waals surface area contributed by atoms with Gasteiger partial charge in [-0.3, -0.25) is 0 Å². The van der Waals surface area contributed by atoms with E-state index in [1.165, 1.54) is 12.8 Å². The molecular weight excluding hydrogens is 267 g/mol. The molecule has 1 rings (SSSR count). The molecule has 0 radical (unpaired) electrons. The van der Waals surface area contributed by atoms with Gasteiger partial charge in [0, 0.05) is 24.2 Å². The van der Waals surface area contributed by atoms with Crippen LogP contribution >= 0.6 is 8.45 Å². The number of nitrogens with zero attached hydrogens (tertiary/aromatic N) is 2. The molecule has 0 unspecified atom stereocenters. The number of rotatable bonds is 9. The van der Waals surface area contributed by atoms with Crippen molar-refractivity contribution >= 4 is 8.45 Å². The highest BCUT2D eigenvalue weighted by atomic mass is 31.2. The lowest BCUT2D eigenvalue weighted by molar-refractivity contribution is 0.182. The Morgan fingerprint density at radius 1 is 0.800 bits per heavy atom. The Labute approximate surface area is 128 Å². The maximum atomic E-state index is 6.45. The predicted octanol–water partition coefficient (Wildman–Crippen LogP) is 4.88. The molecule has 4 heteroatoms. The zero-order valence-electron chi connectivity index (χ0n) is 14.8. The third kappa shape index (κ3) is 5.26. The molecule has 0 heterocycles. The summed E-state index contributed by atoms with van der Waals surface area (Å²) in [6.45, 7) is 19.2. The Bertz CT molecular complexity index is 242. The van der Waals surface area contributed by atoms with Crippen molar-refractivity contribution in [2.75, 3.05) is 6.61 Å². The molecular formula is C16H35N2OP. The lowest BCUT2D eigenvalue weighted by atomic mass is 10.3. The van der Waals surface area contributed by atoms with Crippen LogP contribution in [-0.4, -0.2) is 40.1 Å². The summed E-state index contributed by atoms with van der Waals surface area (Å²) in [5.41, 5.74) is 0. The second-order valence-corrected chi connectivity index (χ2v) is 8.81. The summed E-state index contributed by atoms with van der Waals surface area (Å²) in [6.07, 6.45) is 2.71. The van der Waals surface area contributed by atoms with Gasteiger partial charge in [-0.1, -0.05) is 0 Å². The largest absolute Gasteiger partial charge is 0.331 e. The summed E-state index contributed by atoms with van der Waals surface area (Å²) in [5.74, 6) is 0.822. The molecule has 1 saturated carbocycles. The molecule has 20 heavy (non-hydrogen) atoms. The lowest BCUT2D eigenvalue weighted by Gasteiger charge is -2.45. The maximum absolute atomic E-state index is 6.45. The molecule has 1 aliphatic carbocycles. The van der Waals surface area contributed by atoms with E-state index in [4.69, 9.17) is 4.52 Å². The fraction of sp³-hybridized carbons (Fsp3) is 1.00. The molecule has 0 aromatic heterocycles. The molecule has 0 bridgehead atoms. The van der Waals surface area contributed by atoms with Gasteiger partial charge in [0.15, 0.2) is 8.45 Å². The third-order valence-corrected chi connectivity index (χ3v) is 6.65. The van der Waals surface area contributed by atoms with Gasteiger partial charge in [0.05, 0.1) is 6.61 Å². The fourth-order valence-corrected chi connectivity index (χ4v) is 5.12. The van der Waals surface area contributed by atoms with Crippen molar-refractivity contribution < 1.29 is 4.52 Å². The van der Waals surface area contributed by atoms with E-state index >= 15 is 0 Å². The van der Waals surface area contributed by atoms with Gasteiger partial charge in [-0.15, -0.1) is 0 Å². The predicted molar refractivity (Wildman–Crippen MR) is 89.8 cm³/mol. The standard InChI is InChI=1S/C16H35N2OP/c1-12(2)17(13(3)4)20(19-11-16-9-10-16)18(14(5)6)15(7)8/h12-16H,9-11H2,1-8H3. The first-order chi connectivity index (χ1) is 9.25. The van der Waals surface area contributed by atoms with Crippen LogP contribution in [0, 0.1) is 5.92 Å². The van der Waals surface area contributed by atoms with Gasteiger partial charge in [-0.05, 0) is 74.1 Å². The molecule has 0 aliphatic heterocycles. The van der Waals surface area contributed by atoms with Crippen molar-refractivity contribution in [1.29, 1.82) is 0 Å². The van der Waals surface area contributed by atoms with Crippen LogP contribution in [0.3, 0.4) is 0 Å². The Morgan fingerprint density at radius 3 is 1.40 bits per heavy atom. The van der Waals surface area contributed by atoms with Crippen LogP contribution in [0.1, 0.15) is 68.2 Å². The first-order valence-corrected chi connectivity index (χ1v) is 9.41. The average molecular weight is 302 g/mol. The van der Waals surface area contributed by atoms with E-state index in [1.54, 1.807) is 0 Å². The molecule has 0 atom stereocenters. The van der Waals surface area contributed by atoms with Crippen LogP contribution in [0.15, 0.2) is 0 Å². The second-order valence-electron chi connectivity index (χ2n) is 7.13. The van der Waals surface area contributed by atoms with E-state index in [9.17, 15) is 0 Å². The van der Waals surface area contributed by atoms with Crippen LogP contribution < -0.4 is 0 Å². The summed E-state index contributed by atoms with van der Waals surface area (Å²) in [6, 6.07) is 2.06. The van der Waals surface area contributed by atoms with Gasteiger partial charge in [-0.25, -0.2) is 9.34 Å². The summed E-state index contributed by atoms with van der Waals surface area (Å²) >= 11 is 0. The van der Waals surface area contributed by atoms with Crippen molar-refractivity contribution in [3.63, 3.8) is 0 Å². The minimum absolute atomic E-state index is 0.514. The highest BCUT2D eigenvalue weighted by molar-refractivity contribution is 7.47. The normalized spacial score (nSPS) is 16.9. The first-order valence-electron chi connectivity index (χ1n) is 8.25. The van der Waals surface area contributed by atoms with Crippen molar-refractivity contribution in [2.24, 2.45) is 5.92 Å². The molecule has 0 amide bonds. The van der Waals surface area contributed by atoms with E-state index in [-0.39, 0.29) is 0 Å². The van der Waals surface area contributed by atoms with Crippen molar-refractivity contribution in [3.05, 3.63) is 0 Å². The van der Waals surface area contributed by atoms with Crippen molar-refractivity contribution in [2.45, 2.75) is 92.4 Å². The smallest absolute Gasteiger partial charge is 0.188 e. The van der Waals surface area contributed by atoms with E-state index < -0.39 is 8.45 Å². The van der Waals surface area contributed by atoms with Crippen LogP contribution in [0.5, 0.6) is 0 Å². The fourth-order valence-electron chi connectivity index (χ4n) is 2.69. The molecule has 0 spiro atoms. The van der Waals surface area contributed by atoms with Gasteiger partial charge in [0.25, 0.3) is 0 Å². The first kappa shape index (κ1) is 18.4. The Hall–Kier alpha value is 0.310. The highest BCUT2D eigenvalue weighted by Crippen LogP contribution is 2.51. The Balaban J connectivity index is 2.89. The van der Waals surface area contributed by atoms with Crippen LogP contribution in [-0.2, 0) is 4.52 Å². The van der Waals surface area contributed by atoms with Gasteiger partial charge in [-0.2, -0.15) is 0 Å². The zero-order chi connectivity index (χ0) is 15.4. The minimum Gasteiger partial charge on any atom is -0.331 e. The highest BCUT2D eigenvalue weighted by Gasteiger charge is 2.35. The van der Waals surface area contributed by atoms with Gasteiger partial charge in [0.1, 0.15) is 0 Å². The molecule has 1 aliphatic rings. The molecule has 0 N–H and O–H groups in total. The molecule has 3 nitrogen and oxygen atoms in total. The monoisotopic (exact) mass is 302 g/mol. The van der Waals surface area contributed by atoms with Crippen LogP contribution in [0.2, 0.25) is 0 Å². The third-order valence-electron chi connectivity index (χ3n) is 3.63. The van der Waals surface area contributed by atoms with Gasteiger partial charge >= 0.3 is 0 Å². The molecule has 0 aromatic carbocycles. The molecule has 0 aromatic rings. The average Bonchev–Trinajstić information content (AvgIpc) is 3.07. The summed E-state index contributed by atoms with van der Waals surface area (Å²) in [7, 11) is -0.671. The molecule has 0 saturated heterocycles. The molecule has 1 fully saturated rings. The van der Waals surface area contributed by atoms with Crippen molar-refractivity contribution in [3.8, 4) is 0 Å². The Kier molecular flexibility index (Phi) is 7.41. The quantitative estimate of drug-likeness (QED) is 0.565. The van der Waals surface area contributed by atoms with E-state index in [0.717, 1.165) is 12.5 Å². The molecule has 120 valence electrons. The summed E-state index contributed by atoms with van der Waals surface area (Å²) < 4.78 is 11.6. The van der Waals surface area contributed by atoms with E-state index in [1.807, 2.05) is 0 Å². The number of hydrogen-bond acceptors (Lipinski definition) is 3. The topological polar surface area (TPSA) is 15.7 Å². The summed E-state index contributed by atoms with van der Waals surface area (Å²) in [5, 5.41) is 0. The second kappa shape index (κ2) is 8.08. The van der Waals surface area contributed by atoms with E-state index in [2.05, 4.69) is 64.7 Å². The Morgan fingerprint density at radius 2 is 1.15 bits per heavy atom. The van der Waals surface area contributed by atoms with Gasteiger partial charge < -0.3 is 4.52 Å². The number of hydrogen-bond donors (Lipinski definition) is 0. The van der Waals surface area contributed by atoms with Crippen LogP contribution in [0.4, 0.5) is 0 Å². The van der Waals surface area contributed by atoms with E-state index in [0.29, 0.717) is 24.2 Å². The van der Waals surface area contributed by atoms with Crippen LogP contribution in [0.25, 0.3) is 0 Å². The summed E-state index contributed by atoms with van der Waals surface area (Å²) in [4.78, 5) is 0. The SMILES string of the molecule is CC(C)N(C(C)C)P(OCC1CC1)N(C(C)C)C(C)C. The van der Waals surface area contributed by atoms with Gasteiger partial charge in [0.2, 0.25) is 0 Å². The zero-order valence-corrected chi connectivity index (χ0v) is 15.7. The van der Waals surface area contributed by atoms with Crippen molar-refractivity contribution in [1.82, 2.24) is 9.34 Å².